The number of benzene rings is 1. The SMILES string of the molecule is CCC1[Se]C(=O)c2ccccc21. The van der Waals surface area contributed by atoms with Crippen LogP contribution in [0.15, 0.2) is 24.3 Å². The number of rotatable bonds is 1. The average molecular weight is 225 g/mol. The molecule has 0 amide bonds. The average Bonchev–Trinajstić information content (AvgIpc) is 2.44. The summed E-state index contributed by atoms with van der Waals surface area (Å²) in [6, 6.07) is 8.02. The van der Waals surface area contributed by atoms with Gasteiger partial charge >= 0.3 is 78.0 Å². The molecule has 1 heterocycles. The van der Waals surface area contributed by atoms with Crippen LogP contribution >= 0.6 is 0 Å². The molecule has 0 aliphatic carbocycles. The van der Waals surface area contributed by atoms with E-state index in [1.165, 1.54) is 5.56 Å². The van der Waals surface area contributed by atoms with Gasteiger partial charge in [0.2, 0.25) is 0 Å². The van der Waals surface area contributed by atoms with E-state index in [0.29, 0.717) is 9.50 Å². The van der Waals surface area contributed by atoms with E-state index in [9.17, 15) is 4.79 Å². The van der Waals surface area contributed by atoms with Crippen molar-refractivity contribution < 1.29 is 4.79 Å². The monoisotopic (exact) mass is 226 g/mol. The standard InChI is InChI=1S/C10H10OSe/c1-2-9-7-5-3-4-6-8(7)10(11)12-9/h3-6,9H,2H2,1H3. The fraction of sp³-hybridized carbons (Fsp3) is 0.300. The zero-order valence-electron chi connectivity index (χ0n) is 6.91. The normalized spacial score (nSPS) is 21.1. The van der Waals surface area contributed by atoms with Gasteiger partial charge in [-0.25, -0.2) is 0 Å². The van der Waals surface area contributed by atoms with Gasteiger partial charge < -0.3 is 0 Å². The molecule has 0 bridgehead atoms. The quantitative estimate of drug-likeness (QED) is 0.668. The van der Waals surface area contributed by atoms with Gasteiger partial charge in [0.05, 0.1) is 0 Å². The first-order chi connectivity index (χ1) is 5.83. The molecule has 1 atom stereocenters. The van der Waals surface area contributed by atoms with Crippen LogP contribution in [0.2, 0.25) is 0 Å². The molecule has 2 rings (SSSR count). The van der Waals surface area contributed by atoms with Crippen LogP contribution in [0.3, 0.4) is 0 Å². The summed E-state index contributed by atoms with van der Waals surface area (Å²) in [5.74, 6) is 0. The zero-order valence-corrected chi connectivity index (χ0v) is 8.62. The van der Waals surface area contributed by atoms with Crippen molar-refractivity contribution >= 4 is 19.6 Å². The van der Waals surface area contributed by atoms with Gasteiger partial charge in [-0.15, -0.1) is 0 Å². The van der Waals surface area contributed by atoms with E-state index in [-0.39, 0.29) is 15.0 Å². The first-order valence-electron chi connectivity index (χ1n) is 4.13. The molecule has 1 aliphatic heterocycles. The third kappa shape index (κ3) is 1.12. The van der Waals surface area contributed by atoms with Crippen molar-refractivity contribution in [2.24, 2.45) is 0 Å². The Morgan fingerprint density at radius 3 is 2.92 bits per heavy atom. The Bertz CT molecular complexity index is 319. The molecule has 1 aromatic carbocycles. The van der Waals surface area contributed by atoms with Crippen molar-refractivity contribution in [1.82, 2.24) is 0 Å². The van der Waals surface area contributed by atoms with Crippen molar-refractivity contribution in [3.8, 4) is 0 Å². The fourth-order valence-electron chi connectivity index (χ4n) is 1.52. The van der Waals surface area contributed by atoms with Crippen LogP contribution in [0, 0.1) is 0 Å². The molecule has 12 heavy (non-hydrogen) atoms. The topological polar surface area (TPSA) is 17.1 Å². The summed E-state index contributed by atoms with van der Waals surface area (Å²) < 4.78 is 0.380. The number of carbonyl (C=O) groups is 1. The summed E-state index contributed by atoms with van der Waals surface area (Å²) >= 11 is 0.165. The van der Waals surface area contributed by atoms with Gasteiger partial charge in [-0.05, 0) is 0 Å². The molecule has 1 nitrogen and oxygen atoms in total. The van der Waals surface area contributed by atoms with Gasteiger partial charge in [0.1, 0.15) is 0 Å². The maximum atomic E-state index is 11.5. The van der Waals surface area contributed by atoms with E-state index in [2.05, 4.69) is 13.0 Å². The van der Waals surface area contributed by atoms with Gasteiger partial charge in [-0.2, -0.15) is 0 Å². The van der Waals surface area contributed by atoms with Crippen molar-refractivity contribution in [3.05, 3.63) is 35.4 Å². The molecule has 0 saturated carbocycles. The number of carbonyl (C=O) groups excluding carboxylic acids is 1. The number of fused-ring (bicyclic) bond motifs is 1. The fourth-order valence-corrected chi connectivity index (χ4v) is 3.77. The molecule has 1 aromatic rings. The Kier molecular flexibility index (Phi) is 2.03. The van der Waals surface area contributed by atoms with Crippen LogP contribution in [0.4, 0.5) is 0 Å². The zero-order chi connectivity index (χ0) is 8.55. The van der Waals surface area contributed by atoms with Crippen LogP contribution in [0.25, 0.3) is 0 Å². The van der Waals surface area contributed by atoms with Crippen molar-refractivity contribution in [2.75, 3.05) is 0 Å². The molecular weight excluding hydrogens is 215 g/mol. The van der Waals surface area contributed by atoms with E-state index in [4.69, 9.17) is 0 Å². The van der Waals surface area contributed by atoms with Crippen molar-refractivity contribution in [3.63, 3.8) is 0 Å². The maximum absolute atomic E-state index is 11.5. The van der Waals surface area contributed by atoms with Crippen molar-refractivity contribution in [2.45, 2.75) is 18.2 Å². The summed E-state index contributed by atoms with van der Waals surface area (Å²) in [5, 5.41) is 0. The van der Waals surface area contributed by atoms with Crippen LogP contribution in [0.1, 0.15) is 34.1 Å². The molecule has 0 fully saturated rings. The van der Waals surface area contributed by atoms with Crippen LogP contribution in [-0.4, -0.2) is 19.6 Å². The molecule has 1 aliphatic rings. The second-order valence-corrected chi connectivity index (χ2v) is 5.36. The van der Waals surface area contributed by atoms with Gasteiger partial charge in [-0.1, -0.05) is 0 Å². The Balaban J connectivity index is 2.50. The second kappa shape index (κ2) is 3.04. The molecule has 0 aromatic heterocycles. The van der Waals surface area contributed by atoms with Crippen LogP contribution in [-0.2, 0) is 0 Å². The predicted molar refractivity (Wildman–Crippen MR) is 49.6 cm³/mol. The summed E-state index contributed by atoms with van der Waals surface area (Å²) in [7, 11) is 0. The Morgan fingerprint density at radius 2 is 2.17 bits per heavy atom. The first kappa shape index (κ1) is 8.03. The summed E-state index contributed by atoms with van der Waals surface area (Å²) in [6.45, 7) is 2.15. The minimum absolute atomic E-state index is 0.165. The predicted octanol–water partition coefficient (Wildman–Crippen LogP) is 2.00. The van der Waals surface area contributed by atoms with Gasteiger partial charge in [0, 0.05) is 0 Å². The molecule has 62 valence electrons. The number of hydrogen-bond acceptors (Lipinski definition) is 1. The van der Waals surface area contributed by atoms with Crippen LogP contribution in [0.5, 0.6) is 0 Å². The second-order valence-electron chi connectivity index (χ2n) is 2.89. The van der Waals surface area contributed by atoms with E-state index >= 15 is 0 Å². The van der Waals surface area contributed by atoms with Gasteiger partial charge in [0.15, 0.2) is 0 Å². The van der Waals surface area contributed by atoms with Crippen LogP contribution < -0.4 is 0 Å². The third-order valence-corrected chi connectivity index (χ3v) is 4.89. The Labute approximate surface area is 78.3 Å². The van der Waals surface area contributed by atoms with Gasteiger partial charge in [-0.3, -0.25) is 0 Å². The molecule has 1 unspecified atom stereocenters. The van der Waals surface area contributed by atoms with Gasteiger partial charge in [0.25, 0.3) is 0 Å². The third-order valence-electron chi connectivity index (χ3n) is 2.15. The van der Waals surface area contributed by atoms with E-state index in [0.717, 1.165) is 12.0 Å². The molecule has 0 N–H and O–H groups in total. The molecule has 0 radical (unpaired) electrons. The minimum atomic E-state index is 0.165. The molecule has 0 saturated heterocycles. The first-order valence-corrected chi connectivity index (χ1v) is 5.97. The number of hydrogen-bond donors (Lipinski definition) is 0. The summed E-state index contributed by atoms with van der Waals surface area (Å²) in [5.41, 5.74) is 2.26. The molecule has 2 heteroatoms. The molecular formula is C10H10OSe. The van der Waals surface area contributed by atoms with Crippen molar-refractivity contribution in [1.29, 1.82) is 0 Å². The summed E-state index contributed by atoms with van der Waals surface area (Å²) in [4.78, 5) is 12.0. The Hall–Kier alpha value is -0.591. The van der Waals surface area contributed by atoms with E-state index in [1.807, 2.05) is 18.2 Å². The molecule has 0 spiro atoms. The summed E-state index contributed by atoms with van der Waals surface area (Å²) in [6.07, 6.45) is 1.10. The van der Waals surface area contributed by atoms with E-state index in [1.54, 1.807) is 0 Å². The van der Waals surface area contributed by atoms with E-state index < -0.39 is 0 Å². The Morgan fingerprint density at radius 1 is 1.42 bits per heavy atom.